The van der Waals surface area contributed by atoms with Crippen molar-refractivity contribution in [1.29, 1.82) is 0 Å². The number of urea groups is 1. The van der Waals surface area contributed by atoms with E-state index in [4.69, 9.17) is 0 Å². The monoisotopic (exact) mass is 284 g/mol. The van der Waals surface area contributed by atoms with Gasteiger partial charge in [0.15, 0.2) is 5.78 Å². The van der Waals surface area contributed by atoms with Crippen molar-refractivity contribution >= 4 is 27.3 Å². The molecule has 0 saturated heterocycles. The number of hydrogen-bond donors (Lipinski definition) is 2. The zero-order valence-corrected chi connectivity index (χ0v) is 11.6. The molecule has 7 heteroatoms. The summed E-state index contributed by atoms with van der Waals surface area (Å²) in [6.45, 7) is 1.51. The molecular formula is C12H16N2O4S. The van der Waals surface area contributed by atoms with Crippen LogP contribution in [0, 0.1) is 0 Å². The Hall–Kier alpha value is -1.89. The predicted molar refractivity (Wildman–Crippen MR) is 73.2 cm³/mol. The number of hydrogen-bond acceptors (Lipinski definition) is 4. The first-order valence-corrected chi connectivity index (χ1v) is 7.67. The fourth-order valence-electron chi connectivity index (χ4n) is 1.31. The number of Topliss-reactive ketones (excluding diaryl/α,β-unsaturated/α-hetero) is 1. The van der Waals surface area contributed by atoms with E-state index in [-0.39, 0.29) is 18.1 Å². The standard InChI is InChI=1S/C12H16N2O4S/c1-9(15)10-3-5-11(6-4-10)14-12(16)13-7-8-19(2,17)18/h3-6H,7-8H2,1-2H3,(H2,13,14,16). The first kappa shape index (κ1) is 15.2. The minimum Gasteiger partial charge on any atom is -0.337 e. The van der Waals surface area contributed by atoms with E-state index >= 15 is 0 Å². The van der Waals surface area contributed by atoms with Crippen LogP contribution >= 0.6 is 0 Å². The van der Waals surface area contributed by atoms with Crippen LogP contribution in [0.1, 0.15) is 17.3 Å². The molecule has 0 spiro atoms. The van der Waals surface area contributed by atoms with Gasteiger partial charge in [-0.1, -0.05) is 0 Å². The summed E-state index contributed by atoms with van der Waals surface area (Å²) >= 11 is 0. The summed E-state index contributed by atoms with van der Waals surface area (Å²) in [5, 5.41) is 4.97. The van der Waals surface area contributed by atoms with Crippen LogP contribution in [0.25, 0.3) is 0 Å². The molecule has 1 aromatic rings. The van der Waals surface area contributed by atoms with Gasteiger partial charge >= 0.3 is 6.03 Å². The van der Waals surface area contributed by atoms with Crippen molar-refractivity contribution in [2.45, 2.75) is 6.92 Å². The molecule has 2 N–H and O–H groups in total. The fourth-order valence-corrected chi connectivity index (χ4v) is 1.79. The van der Waals surface area contributed by atoms with Gasteiger partial charge in [0.1, 0.15) is 9.84 Å². The van der Waals surface area contributed by atoms with Gasteiger partial charge in [0.2, 0.25) is 0 Å². The van der Waals surface area contributed by atoms with E-state index in [0.29, 0.717) is 11.3 Å². The third kappa shape index (κ3) is 6.01. The molecule has 6 nitrogen and oxygen atoms in total. The Labute approximate surface area is 112 Å². The first-order valence-electron chi connectivity index (χ1n) is 5.61. The molecule has 0 atom stereocenters. The number of carbonyl (C=O) groups is 2. The first-order chi connectivity index (χ1) is 8.78. The molecular weight excluding hydrogens is 268 g/mol. The van der Waals surface area contributed by atoms with Gasteiger partial charge in [-0.3, -0.25) is 4.79 Å². The quantitative estimate of drug-likeness (QED) is 0.791. The molecule has 19 heavy (non-hydrogen) atoms. The summed E-state index contributed by atoms with van der Waals surface area (Å²) in [6, 6.07) is 5.93. The molecule has 0 aromatic heterocycles. The average molecular weight is 284 g/mol. The Balaban J connectivity index is 2.46. The highest BCUT2D eigenvalue weighted by Gasteiger charge is 2.05. The lowest BCUT2D eigenvalue weighted by molar-refractivity contribution is 0.101. The van der Waals surface area contributed by atoms with E-state index in [1.165, 1.54) is 6.92 Å². The Bertz CT molecular complexity index is 564. The maximum absolute atomic E-state index is 11.4. The van der Waals surface area contributed by atoms with Gasteiger partial charge < -0.3 is 10.6 Å². The van der Waals surface area contributed by atoms with Crippen molar-refractivity contribution in [2.75, 3.05) is 23.9 Å². The van der Waals surface area contributed by atoms with E-state index < -0.39 is 15.9 Å². The third-order valence-electron chi connectivity index (χ3n) is 2.31. The van der Waals surface area contributed by atoms with E-state index in [0.717, 1.165) is 6.26 Å². The number of rotatable bonds is 5. The summed E-state index contributed by atoms with van der Waals surface area (Å²) in [6.07, 6.45) is 1.10. The molecule has 0 heterocycles. The van der Waals surface area contributed by atoms with Crippen LogP contribution in [0.5, 0.6) is 0 Å². The van der Waals surface area contributed by atoms with E-state index in [2.05, 4.69) is 10.6 Å². The molecule has 0 saturated carbocycles. The Morgan fingerprint density at radius 1 is 1.16 bits per heavy atom. The van der Waals surface area contributed by atoms with Crippen LogP contribution in [0.15, 0.2) is 24.3 Å². The highest BCUT2D eigenvalue weighted by molar-refractivity contribution is 7.90. The number of anilines is 1. The minimum atomic E-state index is -3.09. The van der Waals surface area contributed by atoms with Gasteiger partial charge in [0.25, 0.3) is 0 Å². The zero-order chi connectivity index (χ0) is 14.5. The number of ketones is 1. The van der Waals surface area contributed by atoms with E-state index in [1.54, 1.807) is 24.3 Å². The van der Waals surface area contributed by atoms with Crippen LogP contribution in [-0.4, -0.2) is 38.8 Å². The van der Waals surface area contributed by atoms with Crippen LogP contribution in [-0.2, 0) is 9.84 Å². The number of amides is 2. The molecule has 0 unspecified atom stereocenters. The van der Waals surface area contributed by atoms with Crippen molar-refractivity contribution in [3.63, 3.8) is 0 Å². The summed E-state index contributed by atoms with van der Waals surface area (Å²) < 4.78 is 21.7. The largest absolute Gasteiger partial charge is 0.337 e. The van der Waals surface area contributed by atoms with Gasteiger partial charge in [0, 0.05) is 24.1 Å². The van der Waals surface area contributed by atoms with Crippen molar-refractivity contribution in [3.8, 4) is 0 Å². The molecule has 0 fully saturated rings. The molecule has 0 aliphatic rings. The smallest absolute Gasteiger partial charge is 0.319 e. The van der Waals surface area contributed by atoms with Crippen LogP contribution < -0.4 is 10.6 Å². The molecule has 0 bridgehead atoms. The number of sulfone groups is 1. The summed E-state index contributed by atoms with van der Waals surface area (Å²) in [7, 11) is -3.09. The van der Waals surface area contributed by atoms with Gasteiger partial charge in [-0.2, -0.15) is 0 Å². The van der Waals surface area contributed by atoms with Crippen LogP contribution in [0.2, 0.25) is 0 Å². The average Bonchev–Trinajstić information content (AvgIpc) is 2.27. The van der Waals surface area contributed by atoms with Crippen molar-refractivity contribution in [1.82, 2.24) is 5.32 Å². The number of benzene rings is 1. The second-order valence-electron chi connectivity index (χ2n) is 4.14. The molecule has 1 rings (SSSR count). The molecule has 0 aliphatic carbocycles. The summed E-state index contributed by atoms with van der Waals surface area (Å²) in [5.74, 6) is -0.159. The van der Waals surface area contributed by atoms with Crippen LogP contribution in [0.4, 0.5) is 10.5 Å². The highest BCUT2D eigenvalue weighted by Crippen LogP contribution is 2.09. The maximum Gasteiger partial charge on any atom is 0.319 e. The fraction of sp³-hybridized carbons (Fsp3) is 0.333. The lowest BCUT2D eigenvalue weighted by Gasteiger charge is -2.07. The van der Waals surface area contributed by atoms with Gasteiger partial charge in [0.05, 0.1) is 5.75 Å². The second-order valence-corrected chi connectivity index (χ2v) is 6.40. The molecule has 0 radical (unpaired) electrons. The SMILES string of the molecule is CC(=O)c1ccc(NC(=O)NCCS(C)(=O)=O)cc1. The lowest BCUT2D eigenvalue weighted by Crippen LogP contribution is -2.32. The summed E-state index contributed by atoms with van der Waals surface area (Å²) in [5.41, 5.74) is 1.09. The molecule has 1 aromatic carbocycles. The number of carbonyl (C=O) groups excluding carboxylic acids is 2. The van der Waals surface area contributed by atoms with Gasteiger partial charge in [-0.15, -0.1) is 0 Å². The van der Waals surface area contributed by atoms with Crippen molar-refractivity contribution < 1.29 is 18.0 Å². The maximum atomic E-state index is 11.4. The predicted octanol–water partition coefficient (Wildman–Crippen LogP) is 1.06. The van der Waals surface area contributed by atoms with Crippen LogP contribution in [0.3, 0.4) is 0 Å². The Morgan fingerprint density at radius 3 is 2.21 bits per heavy atom. The third-order valence-corrected chi connectivity index (χ3v) is 3.25. The molecule has 0 aliphatic heterocycles. The van der Waals surface area contributed by atoms with Crippen molar-refractivity contribution in [3.05, 3.63) is 29.8 Å². The Morgan fingerprint density at radius 2 is 1.74 bits per heavy atom. The Kier molecular flexibility index (Phi) is 5.05. The van der Waals surface area contributed by atoms with Gasteiger partial charge in [-0.25, -0.2) is 13.2 Å². The molecule has 104 valence electrons. The molecule has 2 amide bonds. The van der Waals surface area contributed by atoms with E-state index in [1.807, 2.05) is 0 Å². The number of nitrogens with one attached hydrogen (secondary N) is 2. The van der Waals surface area contributed by atoms with Gasteiger partial charge in [-0.05, 0) is 31.2 Å². The topological polar surface area (TPSA) is 92.3 Å². The zero-order valence-electron chi connectivity index (χ0n) is 10.8. The van der Waals surface area contributed by atoms with Crippen molar-refractivity contribution in [2.24, 2.45) is 0 Å². The second kappa shape index (κ2) is 6.33. The lowest BCUT2D eigenvalue weighted by atomic mass is 10.1. The summed E-state index contributed by atoms with van der Waals surface area (Å²) in [4.78, 5) is 22.5. The minimum absolute atomic E-state index is 0.0517. The normalized spacial score (nSPS) is 10.8. The van der Waals surface area contributed by atoms with E-state index in [9.17, 15) is 18.0 Å². The highest BCUT2D eigenvalue weighted by atomic mass is 32.2.